The topological polar surface area (TPSA) is 111 Å². The Morgan fingerprint density at radius 2 is 1.85 bits per heavy atom. The van der Waals surface area contributed by atoms with E-state index >= 15 is 4.39 Å². The van der Waals surface area contributed by atoms with Gasteiger partial charge in [0, 0.05) is 22.7 Å². The van der Waals surface area contributed by atoms with Gasteiger partial charge in [0.15, 0.2) is 0 Å². The van der Waals surface area contributed by atoms with E-state index in [1.807, 2.05) is 0 Å². The fraction of sp³-hybridized carbons (Fsp3) is 0.276. The number of carboxylic acid groups (broad SMARTS) is 1. The molecule has 11 heteroatoms. The molecule has 0 bridgehead atoms. The van der Waals surface area contributed by atoms with Gasteiger partial charge in [-0.05, 0) is 68.3 Å². The van der Waals surface area contributed by atoms with Crippen LogP contribution < -0.4 is 10.1 Å². The average Bonchev–Trinajstić information content (AvgIpc) is 3.35. The Bertz CT molecular complexity index is 1530. The monoisotopic (exact) mass is 556 g/mol. The minimum absolute atomic E-state index is 0.0486. The van der Waals surface area contributed by atoms with Crippen molar-refractivity contribution in [3.05, 3.63) is 83.9 Å². The SMILES string of the molecule is CC(C)(C)OC(=O)NC(F)(c1cc(-c2cc(COc3ccccc3CC(=O)O)cc3ccoc23)ccn1)C(F)F. The Kier molecular flexibility index (Phi) is 8.03. The third-order valence-corrected chi connectivity index (χ3v) is 5.75. The highest BCUT2D eigenvalue weighted by atomic mass is 19.3. The number of halogens is 3. The van der Waals surface area contributed by atoms with E-state index < -0.39 is 35.6 Å². The third-order valence-electron chi connectivity index (χ3n) is 5.75. The van der Waals surface area contributed by atoms with E-state index in [2.05, 4.69) is 4.98 Å². The summed E-state index contributed by atoms with van der Waals surface area (Å²) in [4.78, 5) is 27.1. The lowest BCUT2D eigenvalue weighted by atomic mass is 9.99. The highest BCUT2D eigenvalue weighted by Gasteiger charge is 2.46. The van der Waals surface area contributed by atoms with Gasteiger partial charge in [-0.15, -0.1) is 0 Å². The number of benzene rings is 2. The highest BCUT2D eigenvalue weighted by molar-refractivity contribution is 5.93. The number of para-hydroxylation sites is 1. The van der Waals surface area contributed by atoms with Crippen LogP contribution in [0.15, 0.2) is 71.5 Å². The van der Waals surface area contributed by atoms with Crippen LogP contribution >= 0.6 is 0 Å². The molecular weight excluding hydrogens is 529 g/mol. The van der Waals surface area contributed by atoms with Crippen LogP contribution in [0, 0.1) is 0 Å². The molecule has 2 heterocycles. The van der Waals surface area contributed by atoms with Gasteiger partial charge < -0.3 is 19.0 Å². The average molecular weight is 557 g/mol. The van der Waals surface area contributed by atoms with E-state index in [1.54, 1.807) is 47.8 Å². The maximum Gasteiger partial charge on any atom is 0.410 e. The van der Waals surface area contributed by atoms with Gasteiger partial charge in [0.2, 0.25) is 0 Å². The summed E-state index contributed by atoms with van der Waals surface area (Å²) in [5.41, 5.74) is 0.541. The van der Waals surface area contributed by atoms with E-state index in [9.17, 15) is 23.5 Å². The fourth-order valence-electron chi connectivity index (χ4n) is 4.04. The number of nitrogens with zero attached hydrogens (tertiary/aromatic N) is 1. The van der Waals surface area contributed by atoms with Crippen molar-refractivity contribution in [1.82, 2.24) is 10.3 Å². The number of carbonyl (C=O) groups is 2. The molecule has 0 radical (unpaired) electrons. The lowest BCUT2D eigenvalue weighted by Crippen LogP contribution is -2.49. The quantitative estimate of drug-likeness (QED) is 0.223. The van der Waals surface area contributed by atoms with Gasteiger partial charge in [0.05, 0.1) is 12.7 Å². The van der Waals surface area contributed by atoms with Crippen molar-refractivity contribution in [1.29, 1.82) is 0 Å². The van der Waals surface area contributed by atoms with Crippen molar-refractivity contribution in [3.8, 4) is 16.9 Å². The zero-order chi connectivity index (χ0) is 29.1. The molecule has 4 rings (SSSR count). The molecule has 0 aliphatic rings. The number of aromatic nitrogens is 1. The molecule has 0 saturated heterocycles. The number of fused-ring (bicyclic) bond motifs is 1. The van der Waals surface area contributed by atoms with E-state index in [-0.39, 0.29) is 13.0 Å². The number of ether oxygens (including phenoxy) is 2. The number of pyridine rings is 1. The van der Waals surface area contributed by atoms with Crippen molar-refractivity contribution >= 4 is 23.0 Å². The largest absolute Gasteiger partial charge is 0.489 e. The second-order valence-electron chi connectivity index (χ2n) is 10.0. The Labute approximate surface area is 227 Å². The lowest BCUT2D eigenvalue weighted by molar-refractivity contribution is -0.136. The summed E-state index contributed by atoms with van der Waals surface area (Å²) < 4.78 is 60.1. The van der Waals surface area contributed by atoms with Gasteiger partial charge in [-0.1, -0.05) is 18.2 Å². The van der Waals surface area contributed by atoms with Crippen LogP contribution in [-0.2, 0) is 28.4 Å². The second kappa shape index (κ2) is 11.3. The van der Waals surface area contributed by atoms with Gasteiger partial charge in [-0.3, -0.25) is 15.1 Å². The van der Waals surface area contributed by atoms with Crippen LogP contribution in [0.25, 0.3) is 22.1 Å². The van der Waals surface area contributed by atoms with E-state index in [1.165, 1.54) is 33.1 Å². The van der Waals surface area contributed by atoms with Crippen LogP contribution in [0.4, 0.5) is 18.0 Å². The summed E-state index contributed by atoms with van der Waals surface area (Å²) in [7, 11) is 0. The van der Waals surface area contributed by atoms with Crippen LogP contribution in [-0.4, -0.2) is 34.2 Å². The number of alkyl carbamates (subject to hydrolysis) is 1. The number of hydrogen-bond donors (Lipinski definition) is 2. The summed E-state index contributed by atoms with van der Waals surface area (Å²) in [5.74, 6) is -4.23. The zero-order valence-electron chi connectivity index (χ0n) is 21.9. The number of furan rings is 1. The molecular formula is C29H27F3N2O6. The summed E-state index contributed by atoms with van der Waals surface area (Å²) in [5, 5.41) is 11.5. The molecule has 1 unspecified atom stereocenters. The summed E-state index contributed by atoms with van der Waals surface area (Å²) >= 11 is 0. The van der Waals surface area contributed by atoms with Crippen LogP contribution in [0.5, 0.6) is 5.75 Å². The molecule has 2 aromatic carbocycles. The molecule has 0 spiro atoms. The summed E-state index contributed by atoms with van der Waals surface area (Å²) in [6, 6.07) is 14.5. The standard InChI is InChI=1S/C29H27F3N2O6/c1-28(2,3)40-27(37)34-29(32,26(30)31)23-14-18(8-10-33-23)21-13-17(12-20-9-11-38-25(20)21)16-39-22-7-5-4-6-19(22)15-24(35)36/h4-14,26H,15-16H2,1-3H3,(H,34,37)(H,35,36). The molecule has 1 atom stereocenters. The highest BCUT2D eigenvalue weighted by Crippen LogP contribution is 2.35. The normalized spacial score (nSPS) is 13.2. The van der Waals surface area contributed by atoms with Crippen molar-refractivity contribution < 1.29 is 41.8 Å². The van der Waals surface area contributed by atoms with Gasteiger partial charge in [-0.25, -0.2) is 18.0 Å². The number of carbonyl (C=O) groups excluding carboxylic acids is 1. The number of carboxylic acids is 1. The second-order valence-corrected chi connectivity index (χ2v) is 10.0. The summed E-state index contributed by atoms with van der Waals surface area (Å²) in [6.07, 6.45) is -2.63. The zero-order valence-corrected chi connectivity index (χ0v) is 21.9. The van der Waals surface area contributed by atoms with E-state index in [0.29, 0.717) is 39.0 Å². The maximum atomic E-state index is 15.6. The minimum Gasteiger partial charge on any atom is -0.489 e. The number of aliphatic carboxylic acids is 1. The first-order valence-corrected chi connectivity index (χ1v) is 12.2. The lowest BCUT2D eigenvalue weighted by Gasteiger charge is -2.27. The molecule has 0 aliphatic heterocycles. The minimum atomic E-state index is -3.66. The molecule has 4 aromatic rings. The van der Waals surface area contributed by atoms with Crippen molar-refractivity contribution in [3.63, 3.8) is 0 Å². The van der Waals surface area contributed by atoms with Crippen LogP contribution in [0.2, 0.25) is 0 Å². The van der Waals surface area contributed by atoms with Crippen LogP contribution in [0.1, 0.15) is 37.6 Å². The molecule has 210 valence electrons. The van der Waals surface area contributed by atoms with E-state index in [0.717, 1.165) is 12.3 Å². The molecule has 40 heavy (non-hydrogen) atoms. The predicted molar refractivity (Wildman–Crippen MR) is 140 cm³/mol. The van der Waals surface area contributed by atoms with Crippen LogP contribution in [0.3, 0.4) is 0 Å². The summed E-state index contributed by atoms with van der Waals surface area (Å²) in [6.45, 7) is 4.60. The van der Waals surface area contributed by atoms with Crippen molar-refractivity contribution in [2.24, 2.45) is 0 Å². The fourth-order valence-corrected chi connectivity index (χ4v) is 4.04. The molecule has 0 fully saturated rings. The Hall–Kier alpha value is -4.54. The van der Waals surface area contributed by atoms with Gasteiger partial charge >= 0.3 is 12.1 Å². The first-order chi connectivity index (χ1) is 18.9. The molecule has 0 aliphatic carbocycles. The van der Waals surface area contributed by atoms with Gasteiger partial charge in [0.25, 0.3) is 12.2 Å². The smallest absolute Gasteiger partial charge is 0.410 e. The Balaban J connectivity index is 1.68. The number of rotatable bonds is 9. The van der Waals surface area contributed by atoms with Gasteiger partial charge in [-0.2, -0.15) is 0 Å². The van der Waals surface area contributed by atoms with Gasteiger partial charge in [0.1, 0.15) is 29.2 Å². The number of amides is 1. The molecule has 2 N–H and O–H groups in total. The first-order valence-electron chi connectivity index (χ1n) is 12.2. The number of alkyl halides is 3. The van der Waals surface area contributed by atoms with Crippen molar-refractivity contribution in [2.75, 3.05) is 0 Å². The Morgan fingerprint density at radius 1 is 1.10 bits per heavy atom. The third kappa shape index (κ3) is 6.53. The Morgan fingerprint density at radius 3 is 2.55 bits per heavy atom. The maximum absolute atomic E-state index is 15.6. The predicted octanol–water partition coefficient (Wildman–Crippen LogP) is 6.61. The molecule has 1 amide bonds. The number of hydrogen-bond acceptors (Lipinski definition) is 6. The molecule has 8 nitrogen and oxygen atoms in total. The first kappa shape index (κ1) is 28.5. The number of nitrogens with one attached hydrogen (secondary N) is 1. The van der Waals surface area contributed by atoms with E-state index in [4.69, 9.17) is 13.9 Å². The molecule has 2 aromatic heterocycles. The van der Waals surface area contributed by atoms with Crippen molar-refractivity contribution in [2.45, 2.75) is 51.6 Å². The molecule has 0 saturated carbocycles.